The number of carbonyl (C=O) groups excluding carboxylic acids is 3. The van der Waals surface area contributed by atoms with Gasteiger partial charge in [0.15, 0.2) is 11.5 Å². The van der Waals surface area contributed by atoms with Crippen LogP contribution < -0.4 is 19.7 Å². The van der Waals surface area contributed by atoms with E-state index in [-0.39, 0.29) is 24.9 Å². The van der Waals surface area contributed by atoms with Crippen LogP contribution in [0.25, 0.3) is 0 Å². The van der Waals surface area contributed by atoms with Crippen molar-refractivity contribution >= 4 is 23.5 Å². The number of nitrogens with one attached hydrogen (secondary N) is 1. The van der Waals surface area contributed by atoms with Gasteiger partial charge >= 0.3 is 6.03 Å². The van der Waals surface area contributed by atoms with E-state index in [0.717, 1.165) is 48.3 Å². The summed E-state index contributed by atoms with van der Waals surface area (Å²) in [7, 11) is 3.10. The molecule has 0 unspecified atom stereocenters. The summed E-state index contributed by atoms with van der Waals surface area (Å²) < 4.78 is 10.6. The molecule has 4 amide bonds. The monoisotopic (exact) mass is 479 g/mol. The molecular formula is C27H33N3O5. The average molecular weight is 480 g/mol. The number of imide groups is 1. The zero-order valence-electron chi connectivity index (χ0n) is 20.6. The fraction of sp³-hybridized carbons (Fsp3) is 0.444. The number of anilines is 1. The Labute approximate surface area is 206 Å². The van der Waals surface area contributed by atoms with Gasteiger partial charge in [0.1, 0.15) is 12.1 Å². The van der Waals surface area contributed by atoms with Crippen LogP contribution >= 0.6 is 0 Å². The van der Waals surface area contributed by atoms with E-state index in [2.05, 4.69) is 5.32 Å². The average Bonchev–Trinajstić information content (AvgIpc) is 3.08. The van der Waals surface area contributed by atoms with E-state index in [1.807, 2.05) is 36.4 Å². The van der Waals surface area contributed by atoms with Crippen LogP contribution in [0.15, 0.2) is 48.5 Å². The lowest BCUT2D eigenvalue weighted by Crippen LogP contribution is -2.49. The number of amides is 4. The predicted octanol–water partition coefficient (Wildman–Crippen LogP) is 3.92. The number of hydrogen-bond acceptors (Lipinski definition) is 5. The summed E-state index contributed by atoms with van der Waals surface area (Å²) >= 11 is 0. The number of carbonyl (C=O) groups is 3. The molecule has 2 aromatic carbocycles. The Bertz CT molecular complexity index is 1080. The van der Waals surface area contributed by atoms with Crippen molar-refractivity contribution in [2.24, 2.45) is 0 Å². The van der Waals surface area contributed by atoms with Crippen LogP contribution in [-0.4, -0.2) is 55.1 Å². The summed E-state index contributed by atoms with van der Waals surface area (Å²) in [6.45, 7) is 1.39. The molecule has 8 nitrogen and oxygen atoms in total. The van der Waals surface area contributed by atoms with Crippen LogP contribution in [0.1, 0.15) is 44.6 Å². The van der Waals surface area contributed by atoms with Gasteiger partial charge in [0.25, 0.3) is 5.91 Å². The van der Waals surface area contributed by atoms with Crippen molar-refractivity contribution in [3.63, 3.8) is 0 Å². The zero-order valence-corrected chi connectivity index (χ0v) is 20.6. The highest BCUT2D eigenvalue weighted by molar-refractivity contribution is 6.10. The molecule has 1 N–H and O–H groups in total. The molecule has 1 saturated heterocycles. The Balaban J connectivity index is 1.52. The number of rotatable bonds is 8. The van der Waals surface area contributed by atoms with Crippen molar-refractivity contribution < 1.29 is 23.9 Å². The van der Waals surface area contributed by atoms with E-state index in [0.29, 0.717) is 11.5 Å². The van der Waals surface area contributed by atoms with Crippen LogP contribution in [0.3, 0.4) is 0 Å². The van der Waals surface area contributed by atoms with E-state index in [4.69, 9.17) is 9.47 Å². The Morgan fingerprint density at radius 1 is 1.03 bits per heavy atom. The smallest absolute Gasteiger partial charge is 0.325 e. The van der Waals surface area contributed by atoms with Gasteiger partial charge in [0.2, 0.25) is 5.91 Å². The van der Waals surface area contributed by atoms with Crippen molar-refractivity contribution in [1.82, 2.24) is 10.2 Å². The van der Waals surface area contributed by atoms with Gasteiger partial charge in [-0.15, -0.1) is 0 Å². The molecule has 2 aliphatic rings. The fourth-order valence-electron chi connectivity index (χ4n) is 5.11. The molecule has 4 rings (SSSR count). The van der Waals surface area contributed by atoms with Crippen molar-refractivity contribution in [1.29, 1.82) is 0 Å². The largest absolute Gasteiger partial charge is 0.493 e. The van der Waals surface area contributed by atoms with Crippen molar-refractivity contribution in [2.75, 3.05) is 25.7 Å². The van der Waals surface area contributed by atoms with Gasteiger partial charge in [0, 0.05) is 18.2 Å². The number of nitrogens with zero attached hydrogens (tertiary/aromatic N) is 2. The summed E-state index contributed by atoms with van der Waals surface area (Å²) in [6, 6.07) is 14.4. The van der Waals surface area contributed by atoms with Gasteiger partial charge in [-0.25, -0.2) is 4.79 Å². The summed E-state index contributed by atoms with van der Waals surface area (Å²) in [6.07, 6.45) is 5.37. The van der Waals surface area contributed by atoms with Gasteiger partial charge in [0.05, 0.1) is 14.2 Å². The lowest BCUT2D eigenvalue weighted by atomic mass is 9.92. The standard InChI is InChI=1S/C27H33N3O5/c1-27(17-19-14-15-22(34-2)23(16-19)35-3)25(32)29(26(33)28-27)18-24(31)30(20-10-6-4-7-11-20)21-12-8-5-9-13-21/h4,6-7,10-11,14-16,21H,5,8-9,12-13,17-18H2,1-3H3,(H,28,33)/t27-/m1/s1. The third kappa shape index (κ3) is 5.11. The lowest BCUT2D eigenvalue weighted by Gasteiger charge is -2.35. The first-order chi connectivity index (χ1) is 16.9. The third-order valence-corrected chi connectivity index (χ3v) is 6.89. The summed E-state index contributed by atoms with van der Waals surface area (Å²) in [4.78, 5) is 42.6. The minimum Gasteiger partial charge on any atom is -0.493 e. The SMILES string of the molecule is COc1ccc(C[C@@]2(C)NC(=O)N(CC(=O)N(c3ccccc3)C3CCCCC3)C2=O)cc1OC. The first-order valence-electron chi connectivity index (χ1n) is 12.1. The molecule has 2 aromatic rings. The predicted molar refractivity (Wildman–Crippen MR) is 133 cm³/mol. The van der Waals surface area contributed by atoms with E-state index in [1.165, 1.54) is 0 Å². The fourth-order valence-corrected chi connectivity index (χ4v) is 5.11. The number of hydrogen-bond donors (Lipinski definition) is 1. The Hall–Kier alpha value is -3.55. The van der Waals surface area contributed by atoms with E-state index < -0.39 is 17.5 Å². The third-order valence-electron chi connectivity index (χ3n) is 6.89. The van der Waals surface area contributed by atoms with Gasteiger partial charge in [-0.3, -0.25) is 14.5 Å². The lowest BCUT2D eigenvalue weighted by molar-refractivity contribution is -0.134. The molecule has 0 aromatic heterocycles. The second-order valence-corrected chi connectivity index (χ2v) is 9.41. The second-order valence-electron chi connectivity index (χ2n) is 9.41. The topological polar surface area (TPSA) is 88.2 Å². The van der Waals surface area contributed by atoms with Crippen LogP contribution in [0.2, 0.25) is 0 Å². The van der Waals surface area contributed by atoms with Crippen molar-refractivity contribution in [2.45, 2.75) is 57.0 Å². The zero-order chi connectivity index (χ0) is 25.0. The van der Waals surface area contributed by atoms with E-state index in [1.54, 1.807) is 38.2 Å². The van der Waals surface area contributed by atoms with Crippen molar-refractivity contribution in [3.8, 4) is 11.5 Å². The Morgan fingerprint density at radius 2 is 1.71 bits per heavy atom. The number of methoxy groups -OCH3 is 2. The van der Waals surface area contributed by atoms with Gasteiger partial charge in [-0.1, -0.05) is 43.5 Å². The highest BCUT2D eigenvalue weighted by atomic mass is 16.5. The maximum absolute atomic E-state index is 13.5. The number of urea groups is 1. The first-order valence-corrected chi connectivity index (χ1v) is 12.1. The van der Waals surface area contributed by atoms with Crippen molar-refractivity contribution in [3.05, 3.63) is 54.1 Å². The molecule has 186 valence electrons. The summed E-state index contributed by atoms with van der Waals surface area (Å²) in [5, 5.41) is 2.80. The molecular weight excluding hydrogens is 446 g/mol. The van der Waals surface area contributed by atoms with Gasteiger partial charge in [-0.2, -0.15) is 0 Å². The molecule has 0 bridgehead atoms. The molecule has 2 fully saturated rings. The minimum atomic E-state index is -1.17. The summed E-state index contributed by atoms with van der Waals surface area (Å²) in [5.41, 5.74) is 0.434. The first kappa shape index (κ1) is 24.6. The van der Waals surface area contributed by atoms with Crippen LogP contribution in [0, 0.1) is 0 Å². The molecule has 0 radical (unpaired) electrons. The second kappa shape index (κ2) is 10.4. The molecule has 8 heteroatoms. The highest BCUT2D eigenvalue weighted by Gasteiger charge is 2.49. The quantitative estimate of drug-likeness (QED) is 0.580. The van der Waals surface area contributed by atoms with Crippen LogP contribution in [0.5, 0.6) is 11.5 Å². The minimum absolute atomic E-state index is 0.0672. The van der Waals surface area contributed by atoms with E-state index >= 15 is 0 Å². The molecule has 1 aliphatic carbocycles. The maximum Gasteiger partial charge on any atom is 0.325 e. The Kier molecular flexibility index (Phi) is 7.28. The Morgan fingerprint density at radius 3 is 2.37 bits per heavy atom. The number of ether oxygens (including phenoxy) is 2. The van der Waals surface area contributed by atoms with Gasteiger partial charge < -0.3 is 19.7 Å². The number of para-hydroxylation sites is 1. The molecule has 35 heavy (non-hydrogen) atoms. The molecule has 1 saturated carbocycles. The number of benzene rings is 2. The maximum atomic E-state index is 13.5. The van der Waals surface area contributed by atoms with Crippen LogP contribution in [-0.2, 0) is 16.0 Å². The molecule has 1 heterocycles. The highest BCUT2D eigenvalue weighted by Crippen LogP contribution is 2.31. The normalized spacial score (nSPS) is 20.5. The molecule has 0 spiro atoms. The van der Waals surface area contributed by atoms with Crippen LogP contribution in [0.4, 0.5) is 10.5 Å². The molecule has 1 aliphatic heterocycles. The van der Waals surface area contributed by atoms with E-state index in [9.17, 15) is 14.4 Å². The van der Waals surface area contributed by atoms with Gasteiger partial charge in [-0.05, 0) is 49.6 Å². The molecule has 1 atom stereocenters. The summed E-state index contributed by atoms with van der Waals surface area (Å²) in [5.74, 6) is 0.465.